The highest BCUT2D eigenvalue weighted by molar-refractivity contribution is 5.99. The van der Waals surface area contributed by atoms with Crippen LogP contribution in [0.3, 0.4) is 0 Å². The van der Waals surface area contributed by atoms with E-state index < -0.39 is 0 Å². The summed E-state index contributed by atoms with van der Waals surface area (Å²) in [5.74, 6) is 0. The van der Waals surface area contributed by atoms with Gasteiger partial charge in [-0.2, -0.15) is 0 Å². The van der Waals surface area contributed by atoms with E-state index in [1.54, 1.807) is 0 Å². The molecule has 0 N–H and O–H groups in total. The molecule has 14 rings (SSSR count). The minimum absolute atomic E-state index is 0.201. The van der Waals surface area contributed by atoms with Gasteiger partial charge in [-0.15, -0.1) is 0 Å². The second-order valence-electron chi connectivity index (χ2n) is 25.2. The summed E-state index contributed by atoms with van der Waals surface area (Å²) in [6, 6.07) is 94.3. The first-order chi connectivity index (χ1) is 43.3. The smallest absolute Gasteiger partial charge is 0.0465 e. The number of hydrogen-bond acceptors (Lipinski definition) is 2. The molecule has 0 spiro atoms. The van der Waals surface area contributed by atoms with Crippen molar-refractivity contribution >= 4 is 74.3 Å². The van der Waals surface area contributed by atoms with Gasteiger partial charge < -0.3 is 9.80 Å². The number of anilines is 5. The summed E-state index contributed by atoms with van der Waals surface area (Å²) in [7, 11) is 0. The standard InChI is InChI=1S/C87H72N2/c1-9-58(2)24-27-60(4)88(69-44-38-67(39-45-69)76-22-14-18-65-16-10-12-20-74(65)76)72-48-52-80-78-50-36-63(54-82(78)86(5,6)84(80)56-72)34-32-61-28-30-62(31-29-61)33-35-64-37-51-79-81-53-49-73(57-85(81)87(7,8)83(79)55-64)89(70-42-25-59(3)26-43-70)71-46-40-68(41-47-71)77-23-15-19-66-17-11-13-21-75(66)77/h9-57H,1H2,2-8H3/b34-32+,35-33+,58-24-,60-27+. The van der Waals surface area contributed by atoms with Gasteiger partial charge >= 0.3 is 0 Å². The second kappa shape index (κ2) is 23.0. The van der Waals surface area contributed by atoms with Gasteiger partial charge in [0.1, 0.15) is 0 Å². The Morgan fingerprint density at radius 3 is 1.22 bits per heavy atom. The van der Waals surface area contributed by atoms with Crippen LogP contribution < -0.4 is 9.80 Å². The van der Waals surface area contributed by atoms with E-state index in [1.165, 1.54) is 105 Å². The lowest BCUT2D eigenvalue weighted by atomic mass is 9.81. The van der Waals surface area contributed by atoms with Gasteiger partial charge in [0.25, 0.3) is 0 Å². The molecule has 89 heavy (non-hydrogen) atoms. The van der Waals surface area contributed by atoms with Crippen molar-refractivity contribution in [2.24, 2.45) is 0 Å². The molecule has 0 atom stereocenters. The van der Waals surface area contributed by atoms with Crippen LogP contribution in [0.1, 0.15) is 91.6 Å². The van der Waals surface area contributed by atoms with E-state index in [-0.39, 0.29) is 10.8 Å². The molecule has 0 aliphatic heterocycles. The first-order valence-corrected chi connectivity index (χ1v) is 31.2. The Morgan fingerprint density at radius 2 is 0.730 bits per heavy atom. The van der Waals surface area contributed by atoms with E-state index >= 15 is 0 Å². The molecule has 0 saturated carbocycles. The van der Waals surface area contributed by atoms with E-state index in [2.05, 4.69) is 356 Å². The fraction of sp³-hybridized carbons (Fsp3) is 0.103. The highest BCUT2D eigenvalue weighted by atomic mass is 15.1. The van der Waals surface area contributed by atoms with Gasteiger partial charge in [-0.05, 0) is 198 Å². The van der Waals surface area contributed by atoms with Crippen LogP contribution in [0.25, 0.3) is 90.4 Å². The summed E-state index contributed by atoms with van der Waals surface area (Å²) >= 11 is 0. The quantitative estimate of drug-likeness (QED) is 0.0791. The highest BCUT2D eigenvalue weighted by Crippen LogP contribution is 2.53. The molecule has 0 saturated heterocycles. The zero-order valence-electron chi connectivity index (χ0n) is 51.9. The minimum Gasteiger partial charge on any atom is -0.315 e. The maximum atomic E-state index is 4.01. The lowest BCUT2D eigenvalue weighted by Gasteiger charge is -2.28. The molecule has 2 aliphatic carbocycles. The van der Waals surface area contributed by atoms with Crippen molar-refractivity contribution in [3.05, 3.63) is 341 Å². The fourth-order valence-electron chi connectivity index (χ4n) is 13.7. The summed E-state index contributed by atoms with van der Waals surface area (Å²) < 4.78 is 0. The van der Waals surface area contributed by atoms with E-state index in [9.17, 15) is 0 Å². The van der Waals surface area contributed by atoms with Crippen LogP contribution in [-0.2, 0) is 10.8 Å². The van der Waals surface area contributed by atoms with Crippen LogP contribution in [0.4, 0.5) is 28.4 Å². The van der Waals surface area contributed by atoms with Crippen molar-refractivity contribution in [3.8, 4) is 44.5 Å². The number of hydrogen-bond donors (Lipinski definition) is 0. The van der Waals surface area contributed by atoms with Gasteiger partial charge in [0.05, 0.1) is 0 Å². The Labute approximate surface area is 525 Å². The Kier molecular flexibility index (Phi) is 14.5. The molecule has 0 heterocycles. The first-order valence-electron chi connectivity index (χ1n) is 31.2. The average molecular weight is 1150 g/mol. The summed E-state index contributed by atoms with van der Waals surface area (Å²) in [5.41, 5.74) is 28.9. The molecule has 0 aromatic heterocycles. The van der Waals surface area contributed by atoms with E-state index in [0.29, 0.717) is 0 Å². The van der Waals surface area contributed by atoms with Crippen LogP contribution in [0.2, 0.25) is 0 Å². The molecule has 12 aromatic carbocycles. The Morgan fingerprint density at radius 1 is 0.348 bits per heavy atom. The predicted molar refractivity (Wildman–Crippen MR) is 384 cm³/mol. The molecular weight excluding hydrogens is 1070 g/mol. The zero-order valence-corrected chi connectivity index (χ0v) is 51.9. The van der Waals surface area contributed by atoms with Crippen LogP contribution in [0.5, 0.6) is 0 Å². The topological polar surface area (TPSA) is 6.48 Å². The number of rotatable bonds is 14. The van der Waals surface area contributed by atoms with Gasteiger partial charge in [-0.25, -0.2) is 0 Å². The lowest BCUT2D eigenvalue weighted by Crippen LogP contribution is -2.18. The predicted octanol–water partition coefficient (Wildman–Crippen LogP) is 24.2. The van der Waals surface area contributed by atoms with Crippen molar-refractivity contribution in [1.82, 2.24) is 0 Å². The Bertz CT molecular complexity index is 4840. The molecule has 0 bridgehead atoms. The third kappa shape index (κ3) is 10.6. The number of nitrogens with zero attached hydrogens (tertiary/aromatic N) is 2. The maximum absolute atomic E-state index is 4.01. The van der Waals surface area contributed by atoms with Gasteiger partial charge in [0.2, 0.25) is 0 Å². The van der Waals surface area contributed by atoms with Crippen molar-refractivity contribution in [1.29, 1.82) is 0 Å². The van der Waals surface area contributed by atoms with Crippen molar-refractivity contribution < 1.29 is 0 Å². The van der Waals surface area contributed by atoms with E-state index in [1.807, 2.05) is 6.08 Å². The monoisotopic (exact) mass is 1140 g/mol. The Balaban J connectivity index is 0.675. The molecule has 0 unspecified atom stereocenters. The number of fused-ring (bicyclic) bond motifs is 8. The van der Waals surface area contributed by atoms with E-state index in [0.717, 1.165) is 50.8 Å². The summed E-state index contributed by atoms with van der Waals surface area (Å²) in [6.45, 7) is 19.9. The van der Waals surface area contributed by atoms with Crippen molar-refractivity contribution in [2.75, 3.05) is 9.80 Å². The Hall–Kier alpha value is -10.5. The molecule has 2 aliphatic rings. The highest BCUT2D eigenvalue weighted by Gasteiger charge is 2.38. The molecule has 0 radical (unpaired) electrons. The lowest BCUT2D eigenvalue weighted by molar-refractivity contribution is 0.660. The van der Waals surface area contributed by atoms with E-state index in [4.69, 9.17) is 0 Å². The number of allylic oxidation sites excluding steroid dienone is 5. The molecule has 2 heteroatoms. The molecule has 12 aromatic rings. The van der Waals surface area contributed by atoms with Crippen LogP contribution in [-0.4, -0.2) is 0 Å². The minimum atomic E-state index is -0.209. The van der Waals surface area contributed by atoms with Crippen molar-refractivity contribution in [2.45, 2.75) is 59.3 Å². The molecule has 0 amide bonds. The molecule has 2 nitrogen and oxygen atoms in total. The van der Waals surface area contributed by atoms with Crippen LogP contribution >= 0.6 is 0 Å². The third-order valence-corrected chi connectivity index (χ3v) is 18.8. The van der Waals surface area contributed by atoms with Gasteiger partial charge in [0, 0.05) is 45.0 Å². The summed E-state index contributed by atoms with van der Waals surface area (Å²) in [6.07, 6.45) is 15.2. The SMILES string of the molecule is C=C/C(C)=C\C=C(/C)N(c1ccc(-c2cccc3ccccc23)cc1)c1ccc2c(c1)C(C)(C)c1cc(/C=C/c3ccc(/C=C/c4ccc5c(c4)C(C)(C)c4cc(N(c6ccc(C)cc6)c6ccc(-c7cccc8ccccc78)cc6)ccc4-5)cc3)ccc1-2. The summed E-state index contributed by atoms with van der Waals surface area (Å²) in [4.78, 5) is 4.78. The fourth-order valence-corrected chi connectivity index (χ4v) is 13.7. The number of benzene rings is 12. The van der Waals surface area contributed by atoms with Gasteiger partial charge in [-0.3, -0.25) is 0 Å². The molecule has 0 fully saturated rings. The average Bonchev–Trinajstić information content (AvgIpc) is 1.62. The van der Waals surface area contributed by atoms with Crippen molar-refractivity contribution in [3.63, 3.8) is 0 Å². The van der Waals surface area contributed by atoms with Gasteiger partial charge in [0.15, 0.2) is 0 Å². The largest absolute Gasteiger partial charge is 0.315 e. The van der Waals surface area contributed by atoms with Crippen LogP contribution in [0, 0.1) is 6.92 Å². The second-order valence-corrected chi connectivity index (χ2v) is 25.2. The number of aryl methyl sites for hydroxylation is 1. The van der Waals surface area contributed by atoms with Gasteiger partial charge in [-0.1, -0.05) is 276 Å². The summed E-state index contributed by atoms with van der Waals surface area (Å²) in [5, 5.41) is 5.02. The zero-order chi connectivity index (χ0) is 61.0. The molecule has 430 valence electrons. The third-order valence-electron chi connectivity index (χ3n) is 18.8. The van der Waals surface area contributed by atoms with Crippen LogP contribution in [0.15, 0.2) is 291 Å². The first kappa shape index (κ1) is 56.3. The molecular formula is C87H72N2. The normalized spacial score (nSPS) is 13.8. The maximum Gasteiger partial charge on any atom is 0.0465 e.